The molecule has 1 rings (SSSR count). The van der Waals surface area contributed by atoms with Gasteiger partial charge in [0, 0.05) is 11.6 Å². The van der Waals surface area contributed by atoms with Gasteiger partial charge in [-0.25, -0.2) is 13.2 Å². The molecule has 1 aromatic carbocycles. The first-order chi connectivity index (χ1) is 5.65. The summed E-state index contributed by atoms with van der Waals surface area (Å²) in [7, 11) is 0. The fourth-order valence-corrected chi connectivity index (χ4v) is 0.885. The minimum Gasteiger partial charge on any atom is -0.322 e. The number of benzene rings is 1. The molecule has 0 aliphatic rings. The van der Waals surface area contributed by atoms with Crippen molar-refractivity contribution in [2.45, 2.75) is 6.04 Å². The summed E-state index contributed by atoms with van der Waals surface area (Å²) in [5.41, 5.74) is 5.21. The third-order valence-corrected chi connectivity index (χ3v) is 1.53. The lowest BCUT2D eigenvalue weighted by molar-refractivity contribution is 0.425. The first-order valence-electron chi connectivity index (χ1n) is 3.41. The molecule has 0 heterocycles. The minimum atomic E-state index is -1.01. The Labute approximate surface area is 80.2 Å². The van der Waals surface area contributed by atoms with Gasteiger partial charge < -0.3 is 5.73 Å². The normalized spacial score (nSPS) is 12.0. The molecule has 0 aromatic heterocycles. The Kier molecular flexibility index (Phi) is 4.80. The van der Waals surface area contributed by atoms with Gasteiger partial charge in [0.15, 0.2) is 0 Å². The van der Waals surface area contributed by atoms with Crippen molar-refractivity contribution in [2.24, 2.45) is 5.73 Å². The van der Waals surface area contributed by atoms with Gasteiger partial charge in [-0.3, -0.25) is 0 Å². The molecule has 1 aromatic rings. The standard InChI is InChI=1S/C8H8F3N.ClH/c9-4-8(12)6-2-1-5(10)3-7(6)11;/h1-3,8H,4,12H2;1H/t8-;/m0./s1. The van der Waals surface area contributed by atoms with Crippen LogP contribution < -0.4 is 5.73 Å². The zero-order valence-electron chi connectivity index (χ0n) is 6.64. The highest BCUT2D eigenvalue weighted by Gasteiger charge is 2.10. The lowest BCUT2D eigenvalue weighted by Gasteiger charge is -2.07. The van der Waals surface area contributed by atoms with E-state index in [9.17, 15) is 13.2 Å². The average molecular weight is 212 g/mol. The highest BCUT2D eigenvalue weighted by atomic mass is 35.5. The summed E-state index contributed by atoms with van der Waals surface area (Å²) < 4.78 is 37.1. The quantitative estimate of drug-likeness (QED) is 0.799. The molecule has 1 atom stereocenters. The van der Waals surface area contributed by atoms with E-state index in [-0.39, 0.29) is 18.0 Å². The van der Waals surface area contributed by atoms with Crippen LogP contribution in [0.2, 0.25) is 0 Å². The Bertz CT molecular complexity index is 280. The molecule has 74 valence electrons. The van der Waals surface area contributed by atoms with E-state index in [1.807, 2.05) is 0 Å². The summed E-state index contributed by atoms with van der Waals surface area (Å²) >= 11 is 0. The lowest BCUT2D eigenvalue weighted by atomic mass is 10.1. The lowest BCUT2D eigenvalue weighted by Crippen LogP contribution is -2.13. The maximum atomic E-state index is 12.8. The van der Waals surface area contributed by atoms with Crippen LogP contribution in [0.5, 0.6) is 0 Å². The van der Waals surface area contributed by atoms with E-state index in [0.29, 0.717) is 6.07 Å². The van der Waals surface area contributed by atoms with E-state index in [2.05, 4.69) is 0 Å². The van der Waals surface area contributed by atoms with Gasteiger partial charge >= 0.3 is 0 Å². The van der Waals surface area contributed by atoms with Crippen LogP contribution in [0.3, 0.4) is 0 Å². The first-order valence-corrected chi connectivity index (χ1v) is 3.41. The molecule has 0 amide bonds. The smallest absolute Gasteiger partial charge is 0.130 e. The van der Waals surface area contributed by atoms with Crippen molar-refractivity contribution < 1.29 is 13.2 Å². The molecular weight excluding hydrogens is 203 g/mol. The fraction of sp³-hybridized carbons (Fsp3) is 0.250. The van der Waals surface area contributed by atoms with Gasteiger partial charge in [-0.1, -0.05) is 6.07 Å². The Balaban J connectivity index is 0.00000144. The largest absolute Gasteiger partial charge is 0.322 e. The molecule has 1 nitrogen and oxygen atoms in total. The monoisotopic (exact) mass is 211 g/mol. The molecule has 13 heavy (non-hydrogen) atoms. The molecule has 5 heteroatoms. The molecule has 0 saturated heterocycles. The zero-order valence-corrected chi connectivity index (χ0v) is 7.45. The van der Waals surface area contributed by atoms with Gasteiger partial charge in [-0.05, 0) is 6.07 Å². The Morgan fingerprint density at radius 2 is 1.92 bits per heavy atom. The third kappa shape index (κ3) is 2.90. The topological polar surface area (TPSA) is 26.0 Å². The van der Waals surface area contributed by atoms with Crippen LogP contribution in [-0.4, -0.2) is 6.67 Å². The van der Waals surface area contributed by atoms with E-state index in [1.54, 1.807) is 0 Å². The maximum absolute atomic E-state index is 12.8. The molecule has 0 aliphatic heterocycles. The van der Waals surface area contributed by atoms with Crippen LogP contribution in [0.25, 0.3) is 0 Å². The van der Waals surface area contributed by atoms with Crippen molar-refractivity contribution in [1.29, 1.82) is 0 Å². The Morgan fingerprint density at radius 1 is 1.31 bits per heavy atom. The number of rotatable bonds is 2. The van der Waals surface area contributed by atoms with Crippen molar-refractivity contribution in [1.82, 2.24) is 0 Å². The number of alkyl halides is 1. The van der Waals surface area contributed by atoms with Crippen LogP contribution in [0.4, 0.5) is 13.2 Å². The van der Waals surface area contributed by atoms with Gasteiger partial charge in [0.1, 0.15) is 18.3 Å². The van der Waals surface area contributed by atoms with Gasteiger partial charge in [0.2, 0.25) is 0 Å². The molecule has 0 radical (unpaired) electrons. The van der Waals surface area contributed by atoms with Crippen molar-refractivity contribution in [3.8, 4) is 0 Å². The highest BCUT2D eigenvalue weighted by Crippen LogP contribution is 2.16. The summed E-state index contributed by atoms with van der Waals surface area (Å²) in [6, 6.07) is 1.87. The Hall–Kier alpha value is -0.740. The molecule has 0 fully saturated rings. The van der Waals surface area contributed by atoms with E-state index in [1.165, 1.54) is 0 Å². The van der Waals surface area contributed by atoms with Crippen molar-refractivity contribution in [2.75, 3.05) is 6.67 Å². The first kappa shape index (κ1) is 12.3. The Morgan fingerprint density at radius 3 is 2.38 bits per heavy atom. The fourth-order valence-electron chi connectivity index (χ4n) is 0.885. The summed E-state index contributed by atoms with van der Waals surface area (Å²) in [5.74, 6) is -1.50. The van der Waals surface area contributed by atoms with Gasteiger partial charge in [-0.2, -0.15) is 0 Å². The van der Waals surface area contributed by atoms with Crippen LogP contribution >= 0.6 is 12.4 Å². The van der Waals surface area contributed by atoms with Crippen LogP contribution in [0.15, 0.2) is 18.2 Å². The number of halogens is 4. The van der Waals surface area contributed by atoms with Crippen molar-refractivity contribution >= 4 is 12.4 Å². The van der Waals surface area contributed by atoms with E-state index >= 15 is 0 Å². The van der Waals surface area contributed by atoms with Crippen molar-refractivity contribution in [3.05, 3.63) is 35.4 Å². The predicted molar refractivity (Wildman–Crippen MR) is 46.5 cm³/mol. The molecule has 0 bridgehead atoms. The van der Waals surface area contributed by atoms with Crippen LogP contribution in [0, 0.1) is 11.6 Å². The van der Waals surface area contributed by atoms with Gasteiger partial charge in [0.05, 0.1) is 6.04 Å². The third-order valence-electron chi connectivity index (χ3n) is 1.53. The SMILES string of the molecule is Cl.N[C@@H](CF)c1ccc(F)cc1F. The molecule has 0 spiro atoms. The molecule has 2 N–H and O–H groups in total. The number of hydrogen-bond donors (Lipinski definition) is 1. The highest BCUT2D eigenvalue weighted by molar-refractivity contribution is 5.85. The van der Waals surface area contributed by atoms with Crippen LogP contribution in [-0.2, 0) is 0 Å². The molecular formula is C8H9ClF3N. The summed E-state index contributed by atoms with van der Waals surface area (Å²) in [5, 5.41) is 0. The molecule has 0 saturated carbocycles. The zero-order chi connectivity index (χ0) is 9.14. The van der Waals surface area contributed by atoms with Gasteiger partial charge in [-0.15, -0.1) is 12.4 Å². The minimum absolute atomic E-state index is 0. The number of nitrogens with two attached hydrogens (primary N) is 1. The summed E-state index contributed by atoms with van der Waals surface area (Å²) in [4.78, 5) is 0. The van der Waals surface area contributed by atoms with E-state index < -0.39 is 24.4 Å². The van der Waals surface area contributed by atoms with Gasteiger partial charge in [0.25, 0.3) is 0 Å². The van der Waals surface area contributed by atoms with Crippen LogP contribution in [0.1, 0.15) is 11.6 Å². The van der Waals surface area contributed by atoms with E-state index in [4.69, 9.17) is 5.73 Å². The predicted octanol–water partition coefficient (Wildman–Crippen LogP) is 2.36. The second kappa shape index (κ2) is 5.09. The van der Waals surface area contributed by atoms with E-state index in [0.717, 1.165) is 12.1 Å². The molecule has 0 unspecified atom stereocenters. The maximum Gasteiger partial charge on any atom is 0.130 e. The van der Waals surface area contributed by atoms with Crippen molar-refractivity contribution in [3.63, 3.8) is 0 Å². The number of hydrogen-bond acceptors (Lipinski definition) is 1. The second-order valence-electron chi connectivity index (χ2n) is 2.43. The average Bonchev–Trinajstić information content (AvgIpc) is 2.03. The molecule has 0 aliphatic carbocycles. The summed E-state index contributed by atoms with van der Waals surface area (Å²) in [6.45, 7) is -0.859. The second-order valence-corrected chi connectivity index (χ2v) is 2.43. The summed E-state index contributed by atoms with van der Waals surface area (Å²) in [6.07, 6.45) is 0.